The topological polar surface area (TPSA) is 97.4 Å². The van der Waals surface area contributed by atoms with E-state index in [2.05, 4.69) is 10.3 Å². The minimum atomic E-state index is -0.935. The van der Waals surface area contributed by atoms with Gasteiger partial charge in [-0.3, -0.25) is 10.1 Å². The number of ether oxygens (including phenoxy) is 1. The molecule has 0 saturated carbocycles. The number of imide groups is 1. The summed E-state index contributed by atoms with van der Waals surface area (Å²) in [6.07, 6.45) is 0. The Morgan fingerprint density at radius 2 is 1.76 bits per heavy atom. The molecule has 0 radical (unpaired) electrons. The van der Waals surface area contributed by atoms with E-state index in [9.17, 15) is 18.8 Å². The van der Waals surface area contributed by atoms with Crippen molar-refractivity contribution < 1.29 is 23.5 Å². The Hall–Kier alpha value is -3.59. The van der Waals surface area contributed by atoms with Gasteiger partial charge in [-0.25, -0.2) is 19.0 Å². The molecular formula is C20H16FN3O4S. The second-order valence-corrected chi connectivity index (χ2v) is 7.04. The monoisotopic (exact) mass is 413 g/mol. The lowest BCUT2D eigenvalue weighted by atomic mass is 10.1. The molecule has 0 atom stereocenters. The summed E-state index contributed by atoms with van der Waals surface area (Å²) in [4.78, 5) is 40.7. The largest absolute Gasteiger partial charge is 0.451 e. The van der Waals surface area contributed by atoms with Crippen molar-refractivity contribution in [3.63, 3.8) is 0 Å². The summed E-state index contributed by atoms with van der Waals surface area (Å²) in [5.74, 6) is -2.22. The van der Waals surface area contributed by atoms with Gasteiger partial charge < -0.3 is 10.1 Å². The number of amides is 3. The number of hydrogen-bond acceptors (Lipinski definition) is 6. The molecule has 1 aromatic heterocycles. The lowest BCUT2D eigenvalue weighted by Crippen LogP contribution is -2.37. The van der Waals surface area contributed by atoms with E-state index in [1.807, 2.05) is 35.6 Å². The zero-order valence-electron chi connectivity index (χ0n) is 15.3. The van der Waals surface area contributed by atoms with E-state index in [1.165, 1.54) is 24.3 Å². The molecule has 29 heavy (non-hydrogen) atoms. The van der Waals surface area contributed by atoms with Crippen molar-refractivity contribution in [3.8, 4) is 11.3 Å². The second-order valence-electron chi connectivity index (χ2n) is 5.83. The first-order valence-corrected chi connectivity index (χ1v) is 9.31. The van der Waals surface area contributed by atoms with Crippen molar-refractivity contribution in [3.05, 3.63) is 70.3 Å². The fourth-order valence-corrected chi connectivity index (χ4v) is 3.27. The van der Waals surface area contributed by atoms with E-state index in [1.54, 1.807) is 6.92 Å². The Labute approximate surface area is 169 Å². The minimum Gasteiger partial charge on any atom is -0.451 e. The molecular weight excluding hydrogens is 397 g/mol. The molecule has 0 aliphatic carbocycles. The average Bonchev–Trinajstić information content (AvgIpc) is 3.10. The molecule has 0 spiro atoms. The first-order valence-electron chi connectivity index (χ1n) is 8.49. The van der Waals surface area contributed by atoms with E-state index in [0.717, 1.165) is 16.9 Å². The van der Waals surface area contributed by atoms with Crippen LogP contribution in [0.25, 0.3) is 11.3 Å². The van der Waals surface area contributed by atoms with E-state index in [0.29, 0.717) is 10.7 Å². The second kappa shape index (κ2) is 9.07. The predicted molar refractivity (Wildman–Crippen MR) is 106 cm³/mol. The molecule has 0 fully saturated rings. The summed E-state index contributed by atoms with van der Waals surface area (Å²) < 4.78 is 18.5. The quantitative estimate of drug-likeness (QED) is 0.621. The van der Waals surface area contributed by atoms with Crippen molar-refractivity contribution in [1.29, 1.82) is 0 Å². The third-order valence-corrected chi connectivity index (χ3v) is 4.63. The van der Waals surface area contributed by atoms with Crippen molar-refractivity contribution in [2.75, 3.05) is 11.9 Å². The highest BCUT2D eigenvalue weighted by molar-refractivity contribution is 7.14. The smallest absolute Gasteiger partial charge is 0.351 e. The zero-order chi connectivity index (χ0) is 20.8. The lowest BCUT2D eigenvalue weighted by Gasteiger charge is -2.08. The van der Waals surface area contributed by atoms with Crippen LogP contribution in [0.5, 0.6) is 0 Å². The minimum absolute atomic E-state index is 0.0811. The van der Waals surface area contributed by atoms with Crippen molar-refractivity contribution >= 4 is 34.9 Å². The molecule has 2 N–H and O–H groups in total. The van der Waals surface area contributed by atoms with Crippen LogP contribution in [0.4, 0.5) is 14.9 Å². The van der Waals surface area contributed by atoms with Crippen LogP contribution in [0.2, 0.25) is 0 Å². The lowest BCUT2D eigenvalue weighted by molar-refractivity contribution is -0.123. The van der Waals surface area contributed by atoms with Crippen LogP contribution >= 0.6 is 11.3 Å². The van der Waals surface area contributed by atoms with Gasteiger partial charge in [-0.1, -0.05) is 42.5 Å². The van der Waals surface area contributed by atoms with Gasteiger partial charge in [0.15, 0.2) is 6.61 Å². The van der Waals surface area contributed by atoms with Gasteiger partial charge in [-0.15, -0.1) is 11.3 Å². The standard InChI is InChI=1S/C20H16FN3O4S/c1-12-22-17(13-7-3-2-4-8-13)18(29-12)19(26)28-11-16(25)24-20(27)23-15-10-6-5-9-14(15)21/h2-10H,11H2,1H3,(H2,23,24,25,27). The van der Waals surface area contributed by atoms with Crippen molar-refractivity contribution in [2.24, 2.45) is 0 Å². The molecule has 3 aromatic rings. The molecule has 0 aliphatic rings. The van der Waals surface area contributed by atoms with Crippen molar-refractivity contribution in [2.45, 2.75) is 6.92 Å². The van der Waals surface area contributed by atoms with Crippen molar-refractivity contribution in [1.82, 2.24) is 10.3 Å². The Morgan fingerprint density at radius 3 is 2.48 bits per heavy atom. The van der Waals surface area contributed by atoms with Crippen LogP contribution in [-0.4, -0.2) is 29.5 Å². The summed E-state index contributed by atoms with van der Waals surface area (Å²) in [7, 11) is 0. The van der Waals surface area contributed by atoms with Crippen LogP contribution in [0.15, 0.2) is 54.6 Å². The van der Waals surface area contributed by atoms with Gasteiger partial charge in [0.25, 0.3) is 5.91 Å². The highest BCUT2D eigenvalue weighted by Gasteiger charge is 2.21. The van der Waals surface area contributed by atoms with E-state index >= 15 is 0 Å². The normalized spacial score (nSPS) is 10.3. The Bertz CT molecular complexity index is 1050. The van der Waals surface area contributed by atoms with E-state index in [4.69, 9.17) is 4.74 Å². The number of carbonyl (C=O) groups is 3. The summed E-state index contributed by atoms with van der Waals surface area (Å²) in [5, 5.41) is 4.84. The van der Waals surface area contributed by atoms with Crippen LogP contribution in [0, 0.1) is 12.7 Å². The first-order chi connectivity index (χ1) is 13.9. The molecule has 9 heteroatoms. The maximum atomic E-state index is 13.5. The fourth-order valence-electron chi connectivity index (χ4n) is 2.43. The van der Waals surface area contributed by atoms with E-state index < -0.39 is 30.3 Å². The van der Waals surface area contributed by atoms with Gasteiger partial charge in [0.1, 0.15) is 10.7 Å². The third-order valence-electron chi connectivity index (χ3n) is 3.68. The Kier molecular flexibility index (Phi) is 6.30. The molecule has 0 saturated heterocycles. The number of thiazole rings is 1. The highest BCUT2D eigenvalue weighted by atomic mass is 32.1. The summed E-state index contributed by atoms with van der Waals surface area (Å²) in [6, 6.07) is 13.7. The molecule has 3 amide bonds. The van der Waals surface area contributed by atoms with Gasteiger partial charge in [-0.05, 0) is 19.1 Å². The molecule has 0 aliphatic heterocycles. The van der Waals surface area contributed by atoms with Crippen LogP contribution in [0.3, 0.4) is 0 Å². The number of hydrogen-bond donors (Lipinski definition) is 2. The van der Waals surface area contributed by atoms with Crippen LogP contribution < -0.4 is 10.6 Å². The molecule has 2 aromatic carbocycles. The molecule has 3 rings (SSSR count). The maximum Gasteiger partial charge on any atom is 0.351 e. The van der Waals surface area contributed by atoms with Gasteiger partial charge >= 0.3 is 12.0 Å². The number of urea groups is 1. The number of aryl methyl sites for hydroxylation is 1. The third kappa shape index (κ3) is 5.23. The number of carbonyl (C=O) groups excluding carboxylic acids is 3. The molecule has 7 nitrogen and oxygen atoms in total. The molecule has 148 valence electrons. The molecule has 0 unspecified atom stereocenters. The number of anilines is 1. The average molecular weight is 413 g/mol. The van der Waals surface area contributed by atoms with Gasteiger partial charge in [-0.2, -0.15) is 0 Å². The first kappa shape index (κ1) is 20.2. The fraction of sp³-hybridized carbons (Fsp3) is 0.100. The predicted octanol–water partition coefficient (Wildman–Crippen LogP) is 3.76. The Morgan fingerprint density at radius 1 is 1.07 bits per heavy atom. The maximum absolute atomic E-state index is 13.5. The highest BCUT2D eigenvalue weighted by Crippen LogP contribution is 2.28. The number of benzene rings is 2. The Balaban J connectivity index is 1.58. The van der Waals surface area contributed by atoms with E-state index in [-0.39, 0.29) is 10.6 Å². The number of esters is 1. The molecule has 1 heterocycles. The van der Waals surface area contributed by atoms with Gasteiger partial charge in [0, 0.05) is 5.56 Å². The SMILES string of the molecule is Cc1nc(-c2ccccc2)c(C(=O)OCC(=O)NC(=O)Nc2ccccc2F)s1. The van der Waals surface area contributed by atoms with Gasteiger partial charge in [0.2, 0.25) is 0 Å². The van der Waals surface area contributed by atoms with Crippen LogP contribution in [-0.2, 0) is 9.53 Å². The summed E-state index contributed by atoms with van der Waals surface area (Å²) in [6.45, 7) is 1.09. The summed E-state index contributed by atoms with van der Waals surface area (Å²) >= 11 is 1.15. The zero-order valence-corrected chi connectivity index (χ0v) is 16.1. The number of nitrogens with zero attached hydrogens (tertiary/aromatic N) is 1. The number of para-hydroxylation sites is 1. The number of rotatable bonds is 5. The summed E-state index contributed by atoms with van der Waals surface area (Å²) in [5.41, 5.74) is 1.13. The number of aromatic nitrogens is 1. The van der Waals surface area contributed by atoms with Gasteiger partial charge in [0.05, 0.1) is 16.4 Å². The molecule has 0 bridgehead atoms. The number of nitrogens with one attached hydrogen (secondary N) is 2. The van der Waals surface area contributed by atoms with Crippen LogP contribution in [0.1, 0.15) is 14.7 Å². The number of halogens is 1.